The van der Waals surface area contributed by atoms with Gasteiger partial charge in [0.25, 0.3) is 0 Å². The first kappa shape index (κ1) is 34.2. The fourth-order valence-electron chi connectivity index (χ4n) is 5.10. The molecule has 2 fully saturated rings. The van der Waals surface area contributed by atoms with Crippen LogP contribution >= 0.6 is 0 Å². The molecule has 5 rings (SSSR count). The Kier molecular flexibility index (Phi) is 12.7. The van der Waals surface area contributed by atoms with Gasteiger partial charge in [-0.05, 0) is 55.4 Å². The van der Waals surface area contributed by atoms with E-state index in [0.717, 1.165) is 0 Å². The second-order valence-electron chi connectivity index (χ2n) is 9.66. The van der Waals surface area contributed by atoms with Gasteiger partial charge in [0.15, 0.2) is 0 Å². The van der Waals surface area contributed by atoms with Gasteiger partial charge in [0.1, 0.15) is 17.3 Å². The summed E-state index contributed by atoms with van der Waals surface area (Å²) >= 11 is 0. The second kappa shape index (κ2) is 15.9. The molecular formula is C32H35KN6O4. The Morgan fingerprint density at radius 2 is 1.63 bits per heavy atom. The van der Waals surface area contributed by atoms with E-state index in [1.165, 1.54) is 11.9 Å². The van der Waals surface area contributed by atoms with Crippen LogP contribution in [-0.4, -0.2) is 60.7 Å². The van der Waals surface area contributed by atoms with Gasteiger partial charge in [-0.3, -0.25) is 19.9 Å². The van der Waals surface area contributed by atoms with Gasteiger partial charge in [-0.1, -0.05) is 68.0 Å². The van der Waals surface area contributed by atoms with E-state index in [2.05, 4.69) is 16.9 Å². The van der Waals surface area contributed by atoms with Gasteiger partial charge in [-0.25, -0.2) is 0 Å². The number of allylic oxidation sites excluding steroid dienone is 3. The van der Waals surface area contributed by atoms with Gasteiger partial charge in [0.05, 0.1) is 24.0 Å². The SMILES string of the molecule is C=C/C=C\C.C[N-]C(=NCCN1C(=O)C2C3C=CC(O3)C2C1=O)/C(C(=N)N)=C(\N)c1ccc(Oc2ccccc2)cc1.[K+]. The molecule has 11 heteroatoms. The van der Waals surface area contributed by atoms with E-state index < -0.39 is 11.8 Å². The third-order valence-electron chi connectivity index (χ3n) is 7.03. The quantitative estimate of drug-likeness (QED) is 0.0971. The van der Waals surface area contributed by atoms with Crippen molar-refractivity contribution in [2.45, 2.75) is 19.1 Å². The number of likely N-dealkylation sites (tertiary alicyclic amines) is 1. The summed E-state index contributed by atoms with van der Waals surface area (Å²) in [6.07, 6.45) is 8.60. The standard InChI is InChI=1S/C27H27N6O4.C5H8.K/c1-31-25(32-13-14-33-26(34)20-18-11-12-19(37-18)21(20)27(33)35)22(24(29)30)23(28)15-7-9-17(10-8-15)36-16-5-3-2-4-6-16;1-3-5-4-2;/h2-12,18-21H,13-14H2,1H3,(H5-,28,29,30,31,32);3-5H,1H2,2H3;/q-1;;+1/b;5-4-;. The molecule has 43 heavy (non-hydrogen) atoms. The summed E-state index contributed by atoms with van der Waals surface area (Å²) in [4.78, 5) is 31.4. The van der Waals surface area contributed by atoms with Crippen LogP contribution in [0.4, 0.5) is 0 Å². The molecule has 5 N–H and O–H groups in total. The molecule has 3 heterocycles. The molecule has 0 spiro atoms. The summed E-state index contributed by atoms with van der Waals surface area (Å²) in [7, 11) is 1.52. The van der Waals surface area contributed by atoms with Crippen LogP contribution in [0.5, 0.6) is 11.5 Å². The molecule has 2 amide bonds. The van der Waals surface area contributed by atoms with Crippen LogP contribution in [0, 0.1) is 17.2 Å². The van der Waals surface area contributed by atoms with E-state index in [9.17, 15) is 9.59 Å². The van der Waals surface area contributed by atoms with Crippen LogP contribution in [0.3, 0.4) is 0 Å². The van der Waals surface area contributed by atoms with Crippen molar-refractivity contribution in [1.29, 1.82) is 5.41 Å². The average Bonchev–Trinajstić information content (AvgIpc) is 3.68. The van der Waals surface area contributed by atoms with Crippen molar-refractivity contribution in [2.24, 2.45) is 28.3 Å². The average molecular weight is 607 g/mol. The Morgan fingerprint density at radius 1 is 1.05 bits per heavy atom. The Hall–Kier alpha value is -3.32. The monoisotopic (exact) mass is 606 g/mol. The molecule has 2 bridgehead atoms. The predicted molar refractivity (Wildman–Crippen MR) is 164 cm³/mol. The van der Waals surface area contributed by atoms with Gasteiger partial charge in [0, 0.05) is 17.8 Å². The van der Waals surface area contributed by atoms with Gasteiger partial charge in [0.2, 0.25) is 11.8 Å². The summed E-state index contributed by atoms with van der Waals surface area (Å²) in [5.74, 6) is -0.197. The summed E-state index contributed by atoms with van der Waals surface area (Å²) in [6, 6.07) is 16.4. The van der Waals surface area contributed by atoms with Crippen LogP contribution in [0.2, 0.25) is 0 Å². The van der Waals surface area contributed by atoms with E-state index in [1.54, 1.807) is 30.3 Å². The zero-order valence-corrected chi connectivity index (χ0v) is 27.8. The number of hydrogen-bond acceptors (Lipinski definition) is 7. The fraction of sp³-hybridized carbons (Fsp3) is 0.250. The summed E-state index contributed by atoms with van der Waals surface area (Å²) in [5, 5.41) is 12.3. The zero-order chi connectivity index (χ0) is 30.2. The number of carbonyl (C=O) groups is 2. The molecular weight excluding hydrogens is 571 g/mol. The largest absolute Gasteiger partial charge is 1.00 e. The van der Waals surface area contributed by atoms with Crippen LogP contribution in [0.15, 0.2) is 102 Å². The molecule has 2 aromatic carbocycles. The molecule has 3 aliphatic rings. The van der Waals surface area contributed by atoms with E-state index in [4.69, 9.17) is 26.4 Å². The molecule has 0 aliphatic carbocycles. The van der Waals surface area contributed by atoms with Crippen molar-refractivity contribution in [1.82, 2.24) is 4.90 Å². The first-order valence-corrected chi connectivity index (χ1v) is 13.6. The van der Waals surface area contributed by atoms with Crippen molar-refractivity contribution in [3.8, 4) is 11.5 Å². The van der Waals surface area contributed by atoms with E-state index >= 15 is 0 Å². The van der Waals surface area contributed by atoms with Gasteiger partial charge in [-0.15, -0.1) is 0 Å². The summed E-state index contributed by atoms with van der Waals surface area (Å²) < 4.78 is 11.5. The number of fused-ring (bicyclic) bond motifs is 5. The number of amides is 2. The maximum atomic E-state index is 12.8. The number of hydrogen-bond donors (Lipinski definition) is 3. The van der Waals surface area contributed by atoms with Crippen LogP contribution < -0.4 is 67.6 Å². The molecule has 0 saturated carbocycles. The number of benzene rings is 2. The smallest absolute Gasteiger partial charge is 0.468 e. The number of amidine groups is 2. The molecule has 4 atom stereocenters. The minimum atomic E-state index is -0.459. The Labute approximate surface area is 294 Å². The number of nitrogens with zero attached hydrogens (tertiary/aromatic N) is 3. The molecule has 4 unspecified atom stereocenters. The molecule has 218 valence electrons. The van der Waals surface area contributed by atoms with Crippen LogP contribution in [0.1, 0.15) is 12.5 Å². The van der Waals surface area contributed by atoms with E-state index in [-0.39, 0.29) is 111 Å². The number of likely N-dealkylation sites (N-methyl/N-ethyl adjacent to an activating group) is 1. The minimum absolute atomic E-state index is 0. The zero-order valence-electron chi connectivity index (χ0n) is 24.6. The minimum Gasteiger partial charge on any atom is -0.468 e. The maximum absolute atomic E-state index is 12.8. The molecule has 2 aromatic rings. The third-order valence-corrected chi connectivity index (χ3v) is 7.03. The Balaban J connectivity index is 0.000000781. The molecule has 3 aliphatic heterocycles. The molecule has 2 saturated heterocycles. The predicted octanol–water partition coefficient (Wildman–Crippen LogP) is 1.18. The maximum Gasteiger partial charge on any atom is 1.00 e. The van der Waals surface area contributed by atoms with E-state index in [1.807, 2.05) is 61.6 Å². The number of carbonyl (C=O) groups excluding carboxylic acids is 2. The Bertz CT molecular complexity index is 1420. The first-order chi connectivity index (χ1) is 20.3. The number of ether oxygens (including phenoxy) is 2. The normalized spacial score (nSPS) is 22.4. The van der Waals surface area contributed by atoms with Crippen molar-refractivity contribution >= 4 is 29.2 Å². The van der Waals surface area contributed by atoms with Crippen LogP contribution in [-0.2, 0) is 14.3 Å². The van der Waals surface area contributed by atoms with Crippen LogP contribution in [0.25, 0.3) is 11.0 Å². The summed E-state index contributed by atoms with van der Waals surface area (Å²) in [6.45, 7) is 5.62. The number of rotatable bonds is 9. The van der Waals surface area contributed by atoms with Crippen molar-refractivity contribution in [3.63, 3.8) is 0 Å². The van der Waals surface area contributed by atoms with Gasteiger partial charge in [-0.2, -0.15) is 0 Å². The van der Waals surface area contributed by atoms with Crippen molar-refractivity contribution in [2.75, 3.05) is 20.1 Å². The molecule has 10 nitrogen and oxygen atoms in total. The topological polar surface area (TPSA) is 158 Å². The number of para-hydroxylation sites is 1. The molecule has 0 radical (unpaired) electrons. The van der Waals surface area contributed by atoms with Gasteiger partial charge >= 0.3 is 51.4 Å². The number of aliphatic imine (C=N–C) groups is 1. The first-order valence-electron chi connectivity index (χ1n) is 13.6. The van der Waals surface area contributed by atoms with Gasteiger partial charge < -0.3 is 31.3 Å². The number of imide groups is 1. The van der Waals surface area contributed by atoms with Crippen molar-refractivity contribution < 1.29 is 70.4 Å². The van der Waals surface area contributed by atoms with E-state index in [0.29, 0.717) is 17.1 Å². The Morgan fingerprint density at radius 3 is 2.12 bits per heavy atom. The van der Waals surface area contributed by atoms with Crippen molar-refractivity contribution in [3.05, 3.63) is 108 Å². The summed E-state index contributed by atoms with van der Waals surface area (Å²) in [5.41, 5.74) is 13.3. The second-order valence-corrected chi connectivity index (χ2v) is 9.66. The third kappa shape index (κ3) is 7.80. The fourth-order valence-corrected chi connectivity index (χ4v) is 5.10. The molecule has 0 aromatic heterocycles. The number of nitrogens with two attached hydrogens (primary N) is 2. The number of nitrogens with one attached hydrogen (secondary N) is 1.